The minimum absolute atomic E-state index is 0.0214. The summed E-state index contributed by atoms with van der Waals surface area (Å²) >= 11 is 1.72. The summed E-state index contributed by atoms with van der Waals surface area (Å²) in [5.74, 6) is 0.993. The molecule has 0 radical (unpaired) electrons. The van der Waals surface area contributed by atoms with Gasteiger partial charge >= 0.3 is 6.01 Å². The predicted octanol–water partition coefficient (Wildman–Crippen LogP) is 3.03. The number of piperidine rings is 1. The Morgan fingerprint density at radius 3 is 2.79 bits per heavy atom. The third-order valence-electron chi connectivity index (χ3n) is 3.87. The number of ether oxygens (including phenoxy) is 1. The largest absolute Gasteiger partial charge is 0.458 e. The molecule has 5 nitrogen and oxygen atoms in total. The first-order valence-electron chi connectivity index (χ1n) is 8.20. The number of benzene rings is 1. The highest BCUT2D eigenvalue weighted by atomic mass is 32.2. The van der Waals surface area contributed by atoms with Crippen molar-refractivity contribution in [2.24, 2.45) is 0 Å². The normalized spacial score (nSPS) is 17.5. The number of amides is 1. The van der Waals surface area contributed by atoms with E-state index in [9.17, 15) is 4.79 Å². The van der Waals surface area contributed by atoms with Crippen LogP contribution >= 0.6 is 11.8 Å². The molecule has 2 aromatic rings. The maximum Gasteiger partial charge on any atom is 0.316 e. The zero-order chi connectivity index (χ0) is 16.6. The van der Waals surface area contributed by atoms with Crippen molar-refractivity contribution < 1.29 is 9.53 Å². The van der Waals surface area contributed by atoms with Gasteiger partial charge < -0.3 is 9.64 Å². The lowest BCUT2D eigenvalue weighted by molar-refractivity contribution is -0.133. The van der Waals surface area contributed by atoms with Crippen molar-refractivity contribution in [3.63, 3.8) is 0 Å². The second kappa shape index (κ2) is 8.68. The second-order valence-electron chi connectivity index (χ2n) is 5.66. The van der Waals surface area contributed by atoms with Crippen molar-refractivity contribution in [3.05, 3.63) is 48.8 Å². The molecule has 0 saturated carbocycles. The van der Waals surface area contributed by atoms with E-state index in [1.807, 2.05) is 23.1 Å². The van der Waals surface area contributed by atoms with Crippen molar-refractivity contribution in [2.75, 3.05) is 18.8 Å². The average Bonchev–Trinajstić information content (AvgIpc) is 2.64. The fourth-order valence-electron chi connectivity index (χ4n) is 2.69. The molecule has 1 aromatic heterocycles. The van der Waals surface area contributed by atoms with Crippen molar-refractivity contribution in [1.29, 1.82) is 0 Å². The Bertz CT molecular complexity index is 639. The van der Waals surface area contributed by atoms with Crippen LogP contribution in [-0.2, 0) is 4.79 Å². The molecular formula is C18H21N3O2S. The first-order valence-corrected chi connectivity index (χ1v) is 9.19. The predicted molar refractivity (Wildman–Crippen MR) is 94.0 cm³/mol. The van der Waals surface area contributed by atoms with Crippen LogP contribution in [0, 0.1) is 0 Å². The maximum absolute atomic E-state index is 12.4. The number of hydrogen-bond donors (Lipinski definition) is 0. The molecule has 1 atom stereocenters. The quantitative estimate of drug-likeness (QED) is 0.755. The Labute approximate surface area is 146 Å². The highest BCUT2D eigenvalue weighted by molar-refractivity contribution is 7.99. The van der Waals surface area contributed by atoms with Crippen LogP contribution in [-0.4, -0.2) is 45.7 Å². The van der Waals surface area contributed by atoms with Crippen LogP contribution in [0.5, 0.6) is 6.01 Å². The first kappa shape index (κ1) is 16.8. The fourth-order valence-corrected chi connectivity index (χ4v) is 3.55. The maximum atomic E-state index is 12.4. The van der Waals surface area contributed by atoms with E-state index in [0.29, 0.717) is 19.0 Å². The molecule has 0 bridgehead atoms. The summed E-state index contributed by atoms with van der Waals surface area (Å²) in [5.41, 5.74) is 0. The number of thioether (sulfide) groups is 1. The molecule has 1 saturated heterocycles. The first-order chi connectivity index (χ1) is 11.8. The summed E-state index contributed by atoms with van der Waals surface area (Å²) in [7, 11) is 0. The third-order valence-corrected chi connectivity index (χ3v) is 4.89. The van der Waals surface area contributed by atoms with E-state index in [1.165, 1.54) is 4.90 Å². The summed E-state index contributed by atoms with van der Waals surface area (Å²) < 4.78 is 5.79. The monoisotopic (exact) mass is 343 g/mol. The molecule has 0 aliphatic carbocycles. The molecule has 126 valence electrons. The SMILES string of the molecule is O=C(CCSc1ccccc1)N1CCCC(Oc2ncccn2)C1. The van der Waals surface area contributed by atoms with Gasteiger partial charge in [0.15, 0.2) is 0 Å². The Morgan fingerprint density at radius 2 is 2.00 bits per heavy atom. The summed E-state index contributed by atoms with van der Waals surface area (Å²) in [4.78, 5) is 23.7. The van der Waals surface area contributed by atoms with E-state index in [4.69, 9.17) is 4.74 Å². The van der Waals surface area contributed by atoms with Crippen LogP contribution in [0.15, 0.2) is 53.7 Å². The van der Waals surface area contributed by atoms with E-state index >= 15 is 0 Å². The van der Waals surface area contributed by atoms with Crippen molar-refractivity contribution >= 4 is 17.7 Å². The van der Waals surface area contributed by atoms with Gasteiger partial charge in [0.2, 0.25) is 5.91 Å². The number of nitrogens with zero attached hydrogens (tertiary/aromatic N) is 3. The van der Waals surface area contributed by atoms with Crippen LogP contribution in [0.25, 0.3) is 0 Å². The smallest absolute Gasteiger partial charge is 0.316 e. The summed E-state index contributed by atoms with van der Waals surface area (Å²) in [5, 5.41) is 0. The minimum atomic E-state index is -0.0214. The van der Waals surface area contributed by atoms with Gasteiger partial charge in [-0.05, 0) is 31.0 Å². The minimum Gasteiger partial charge on any atom is -0.458 e. The summed E-state index contributed by atoms with van der Waals surface area (Å²) in [6, 6.07) is 12.3. The van der Waals surface area contributed by atoms with Crippen LogP contribution in [0.2, 0.25) is 0 Å². The van der Waals surface area contributed by atoms with Crippen molar-refractivity contribution in [3.8, 4) is 6.01 Å². The molecule has 1 amide bonds. The average molecular weight is 343 g/mol. The number of carbonyl (C=O) groups is 1. The Balaban J connectivity index is 1.44. The molecule has 1 aliphatic heterocycles. The Morgan fingerprint density at radius 1 is 1.21 bits per heavy atom. The molecule has 0 N–H and O–H groups in total. The van der Waals surface area contributed by atoms with Crippen LogP contribution in [0.4, 0.5) is 0 Å². The number of likely N-dealkylation sites (tertiary alicyclic amines) is 1. The molecule has 1 fully saturated rings. The van der Waals surface area contributed by atoms with E-state index in [0.717, 1.165) is 25.1 Å². The highest BCUT2D eigenvalue weighted by Gasteiger charge is 2.25. The van der Waals surface area contributed by atoms with Gasteiger partial charge in [-0.2, -0.15) is 0 Å². The van der Waals surface area contributed by atoms with E-state index in [-0.39, 0.29) is 12.0 Å². The highest BCUT2D eigenvalue weighted by Crippen LogP contribution is 2.20. The molecule has 6 heteroatoms. The zero-order valence-electron chi connectivity index (χ0n) is 13.5. The standard InChI is InChI=1S/C18H21N3O2S/c22-17(9-13-24-16-7-2-1-3-8-16)21-12-4-6-15(14-21)23-18-19-10-5-11-20-18/h1-3,5,7-8,10-11,15H,4,6,9,12-14H2. The zero-order valence-corrected chi connectivity index (χ0v) is 14.3. The van der Waals surface area contributed by atoms with Gasteiger partial charge in [0, 0.05) is 36.0 Å². The molecule has 1 aromatic carbocycles. The number of aromatic nitrogens is 2. The molecular weight excluding hydrogens is 322 g/mol. The lowest BCUT2D eigenvalue weighted by atomic mass is 10.1. The van der Waals surface area contributed by atoms with E-state index in [2.05, 4.69) is 22.1 Å². The lowest BCUT2D eigenvalue weighted by Crippen LogP contribution is -2.44. The molecule has 3 rings (SSSR count). The van der Waals surface area contributed by atoms with Crippen molar-refractivity contribution in [1.82, 2.24) is 14.9 Å². The second-order valence-corrected chi connectivity index (χ2v) is 6.83. The number of rotatable bonds is 6. The van der Waals surface area contributed by atoms with Gasteiger partial charge in [0.25, 0.3) is 0 Å². The van der Waals surface area contributed by atoms with Gasteiger partial charge in [-0.25, -0.2) is 9.97 Å². The third kappa shape index (κ3) is 4.96. The van der Waals surface area contributed by atoms with Crippen LogP contribution in [0.3, 0.4) is 0 Å². The van der Waals surface area contributed by atoms with Crippen molar-refractivity contribution in [2.45, 2.75) is 30.3 Å². The fraction of sp³-hybridized carbons (Fsp3) is 0.389. The number of hydrogen-bond acceptors (Lipinski definition) is 5. The van der Waals surface area contributed by atoms with Gasteiger partial charge in [-0.3, -0.25) is 4.79 Å². The summed E-state index contributed by atoms with van der Waals surface area (Å²) in [6.45, 7) is 1.43. The van der Waals surface area contributed by atoms with E-state index in [1.54, 1.807) is 30.2 Å². The van der Waals surface area contributed by atoms with Gasteiger partial charge in [-0.15, -0.1) is 11.8 Å². The molecule has 0 spiro atoms. The van der Waals surface area contributed by atoms with Gasteiger partial charge in [0.1, 0.15) is 6.10 Å². The Kier molecular flexibility index (Phi) is 6.07. The molecule has 2 heterocycles. The number of carbonyl (C=O) groups excluding carboxylic acids is 1. The van der Waals surface area contributed by atoms with Crippen LogP contribution in [0.1, 0.15) is 19.3 Å². The summed E-state index contributed by atoms with van der Waals surface area (Å²) in [6.07, 6.45) is 5.74. The molecule has 1 aliphatic rings. The topological polar surface area (TPSA) is 55.3 Å². The lowest BCUT2D eigenvalue weighted by Gasteiger charge is -2.32. The molecule has 1 unspecified atom stereocenters. The van der Waals surface area contributed by atoms with Crippen LogP contribution < -0.4 is 4.74 Å². The van der Waals surface area contributed by atoms with Gasteiger partial charge in [-0.1, -0.05) is 18.2 Å². The Hall–Kier alpha value is -2.08. The molecule has 24 heavy (non-hydrogen) atoms. The van der Waals surface area contributed by atoms with E-state index < -0.39 is 0 Å². The van der Waals surface area contributed by atoms with Gasteiger partial charge in [0.05, 0.1) is 6.54 Å².